The molecule has 0 bridgehead atoms. The molecule has 0 saturated carbocycles. The molecule has 2 rings (SSSR count). The molecular weight excluding hydrogens is 380 g/mol. The summed E-state index contributed by atoms with van der Waals surface area (Å²) in [5.74, 6) is 0.833. The number of rotatable bonds is 9. The lowest BCUT2D eigenvalue weighted by molar-refractivity contribution is -0.122. The Morgan fingerprint density at radius 2 is 1.71 bits per heavy atom. The van der Waals surface area contributed by atoms with Crippen LogP contribution in [0.3, 0.4) is 0 Å². The zero-order chi connectivity index (χ0) is 20.7. The quantitative estimate of drug-likeness (QED) is 0.650. The number of nitrogens with zero attached hydrogens (tertiary/aromatic N) is 1. The summed E-state index contributed by atoms with van der Waals surface area (Å²) in [5, 5.41) is 2.77. The van der Waals surface area contributed by atoms with Crippen molar-refractivity contribution in [2.24, 2.45) is 0 Å². The number of amides is 1. The zero-order valence-electron chi connectivity index (χ0n) is 16.1. The second kappa shape index (κ2) is 9.27. The number of nitrogens with one attached hydrogen (secondary N) is 1. The molecule has 1 amide bonds. The van der Waals surface area contributed by atoms with Gasteiger partial charge in [0.05, 0.1) is 11.9 Å². The van der Waals surface area contributed by atoms with Gasteiger partial charge in [0.1, 0.15) is 18.1 Å². The number of anilines is 2. The Labute approximate surface area is 165 Å². The number of hydrogen-bond acceptors (Lipinski definition) is 5. The summed E-state index contributed by atoms with van der Waals surface area (Å²) >= 11 is 0. The molecule has 28 heavy (non-hydrogen) atoms. The molecule has 0 heterocycles. The predicted octanol–water partition coefficient (Wildman–Crippen LogP) is 3.05. The van der Waals surface area contributed by atoms with Gasteiger partial charge < -0.3 is 14.8 Å². The van der Waals surface area contributed by atoms with Crippen LogP contribution in [0.2, 0.25) is 0 Å². The molecule has 0 aliphatic rings. The SMILES string of the molecule is C=CCOc1ccc(NC(=O)[C@H](C)Oc2ccc(N(C)S(C)(=O)=O)cc2)cc1. The van der Waals surface area contributed by atoms with E-state index in [1.807, 2.05) is 0 Å². The first kappa shape index (κ1) is 21.3. The van der Waals surface area contributed by atoms with E-state index in [9.17, 15) is 13.2 Å². The second-order valence-electron chi connectivity index (χ2n) is 6.10. The van der Waals surface area contributed by atoms with Crippen molar-refractivity contribution in [3.8, 4) is 11.5 Å². The third-order valence-electron chi connectivity index (χ3n) is 3.87. The molecule has 150 valence electrons. The normalized spacial score (nSPS) is 12.0. The lowest BCUT2D eigenvalue weighted by Crippen LogP contribution is -2.30. The summed E-state index contributed by atoms with van der Waals surface area (Å²) in [7, 11) is -1.87. The fourth-order valence-electron chi connectivity index (χ4n) is 2.22. The molecule has 0 fully saturated rings. The van der Waals surface area contributed by atoms with Gasteiger partial charge in [-0.25, -0.2) is 8.42 Å². The highest BCUT2D eigenvalue weighted by molar-refractivity contribution is 7.92. The maximum atomic E-state index is 12.3. The highest BCUT2D eigenvalue weighted by atomic mass is 32.2. The van der Waals surface area contributed by atoms with Crippen LogP contribution in [0, 0.1) is 0 Å². The standard InChI is InChI=1S/C20H24N2O5S/c1-5-14-26-18-10-6-16(7-11-18)21-20(23)15(2)27-19-12-8-17(9-13-19)22(3)28(4,24)25/h5-13,15H,1,14H2,2-4H3,(H,21,23)/t15-/m0/s1. The topological polar surface area (TPSA) is 84.9 Å². The van der Waals surface area contributed by atoms with Crippen LogP contribution in [0.1, 0.15) is 6.92 Å². The summed E-state index contributed by atoms with van der Waals surface area (Å²) in [6.45, 7) is 5.63. The van der Waals surface area contributed by atoms with E-state index in [-0.39, 0.29) is 5.91 Å². The Morgan fingerprint density at radius 1 is 1.14 bits per heavy atom. The van der Waals surface area contributed by atoms with E-state index in [2.05, 4.69) is 11.9 Å². The van der Waals surface area contributed by atoms with Crippen LogP contribution in [0.15, 0.2) is 61.2 Å². The van der Waals surface area contributed by atoms with Crippen molar-refractivity contribution in [1.29, 1.82) is 0 Å². The van der Waals surface area contributed by atoms with Gasteiger partial charge in [0.15, 0.2) is 6.10 Å². The lowest BCUT2D eigenvalue weighted by Gasteiger charge is -2.18. The number of ether oxygens (including phenoxy) is 2. The van der Waals surface area contributed by atoms with E-state index >= 15 is 0 Å². The summed E-state index contributed by atoms with van der Waals surface area (Å²) in [6, 6.07) is 13.4. The van der Waals surface area contributed by atoms with Gasteiger partial charge in [-0.1, -0.05) is 12.7 Å². The summed E-state index contributed by atoms with van der Waals surface area (Å²) in [4.78, 5) is 12.3. The van der Waals surface area contributed by atoms with Crippen LogP contribution in [0.5, 0.6) is 11.5 Å². The Morgan fingerprint density at radius 3 is 2.25 bits per heavy atom. The van der Waals surface area contributed by atoms with Crippen LogP contribution >= 0.6 is 0 Å². The Balaban J connectivity index is 1.94. The van der Waals surface area contributed by atoms with Gasteiger partial charge >= 0.3 is 0 Å². The minimum absolute atomic E-state index is 0.308. The molecule has 8 heteroatoms. The highest BCUT2D eigenvalue weighted by Crippen LogP contribution is 2.21. The van der Waals surface area contributed by atoms with E-state index < -0.39 is 16.1 Å². The molecule has 0 aromatic heterocycles. The van der Waals surface area contributed by atoms with Crippen molar-refractivity contribution < 1.29 is 22.7 Å². The van der Waals surface area contributed by atoms with Crippen molar-refractivity contribution >= 4 is 27.3 Å². The first-order chi connectivity index (χ1) is 13.2. The smallest absolute Gasteiger partial charge is 0.265 e. The van der Waals surface area contributed by atoms with Crippen LogP contribution < -0.4 is 19.1 Å². The molecule has 2 aromatic rings. The van der Waals surface area contributed by atoms with Crippen molar-refractivity contribution in [2.75, 3.05) is 29.5 Å². The molecule has 0 spiro atoms. The number of carbonyl (C=O) groups excluding carboxylic acids is 1. The zero-order valence-corrected chi connectivity index (χ0v) is 16.9. The van der Waals surface area contributed by atoms with E-state index in [0.717, 1.165) is 10.6 Å². The van der Waals surface area contributed by atoms with Crippen LogP contribution in [-0.2, 0) is 14.8 Å². The minimum atomic E-state index is -3.33. The molecule has 7 nitrogen and oxygen atoms in total. The van der Waals surface area contributed by atoms with Gasteiger partial charge in [-0.15, -0.1) is 0 Å². The summed E-state index contributed by atoms with van der Waals surface area (Å²) < 4.78 is 35.3. The summed E-state index contributed by atoms with van der Waals surface area (Å²) in [5.41, 5.74) is 1.13. The molecule has 0 saturated heterocycles. The maximum Gasteiger partial charge on any atom is 0.265 e. The number of carbonyl (C=O) groups is 1. The van der Waals surface area contributed by atoms with Gasteiger partial charge in [-0.05, 0) is 55.5 Å². The van der Waals surface area contributed by atoms with Gasteiger partial charge in [-0.2, -0.15) is 0 Å². The minimum Gasteiger partial charge on any atom is -0.490 e. The highest BCUT2D eigenvalue weighted by Gasteiger charge is 2.16. The van der Waals surface area contributed by atoms with Gasteiger partial charge in [0, 0.05) is 12.7 Å². The van der Waals surface area contributed by atoms with E-state index in [1.165, 1.54) is 7.05 Å². The van der Waals surface area contributed by atoms with Gasteiger partial charge in [0.25, 0.3) is 5.91 Å². The Bertz CT molecular complexity index is 909. The average molecular weight is 404 g/mol. The van der Waals surface area contributed by atoms with Crippen LogP contribution in [0.25, 0.3) is 0 Å². The third kappa shape index (κ3) is 6.02. The molecule has 1 N–H and O–H groups in total. The first-order valence-corrected chi connectivity index (χ1v) is 10.4. The first-order valence-electron chi connectivity index (χ1n) is 8.56. The molecule has 0 aliphatic heterocycles. The van der Waals surface area contributed by atoms with E-state index in [0.29, 0.717) is 29.5 Å². The van der Waals surface area contributed by atoms with E-state index in [1.54, 1.807) is 61.5 Å². The fourth-order valence-corrected chi connectivity index (χ4v) is 2.72. The largest absolute Gasteiger partial charge is 0.490 e. The molecule has 1 atom stereocenters. The second-order valence-corrected chi connectivity index (χ2v) is 8.11. The monoisotopic (exact) mass is 404 g/mol. The summed E-state index contributed by atoms with van der Waals surface area (Å²) in [6.07, 6.45) is 2.04. The van der Waals surface area contributed by atoms with Gasteiger partial charge in [0.2, 0.25) is 10.0 Å². The van der Waals surface area contributed by atoms with Crippen molar-refractivity contribution in [3.63, 3.8) is 0 Å². The third-order valence-corrected chi connectivity index (χ3v) is 5.08. The van der Waals surface area contributed by atoms with Crippen LogP contribution in [-0.4, -0.2) is 40.3 Å². The van der Waals surface area contributed by atoms with Gasteiger partial charge in [-0.3, -0.25) is 9.10 Å². The fraction of sp³-hybridized carbons (Fsp3) is 0.250. The van der Waals surface area contributed by atoms with Crippen molar-refractivity contribution in [1.82, 2.24) is 0 Å². The average Bonchev–Trinajstić information content (AvgIpc) is 2.66. The number of sulfonamides is 1. The Hall–Kier alpha value is -3.00. The van der Waals surface area contributed by atoms with Crippen molar-refractivity contribution in [3.05, 3.63) is 61.2 Å². The van der Waals surface area contributed by atoms with Crippen LogP contribution in [0.4, 0.5) is 11.4 Å². The van der Waals surface area contributed by atoms with E-state index in [4.69, 9.17) is 9.47 Å². The number of hydrogen-bond donors (Lipinski definition) is 1. The maximum absolute atomic E-state index is 12.3. The molecule has 0 aliphatic carbocycles. The molecule has 0 radical (unpaired) electrons. The number of benzene rings is 2. The Kier molecular flexibility index (Phi) is 7.06. The molecule has 2 aromatic carbocycles. The predicted molar refractivity (Wildman–Crippen MR) is 111 cm³/mol. The molecule has 0 unspecified atom stereocenters. The lowest BCUT2D eigenvalue weighted by atomic mass is 10.2. The molecular formula is C20H24N2O5S. The van der Waals surface area contributed by atoms with Crippen molar-refractivity contribution in [2.45, 2.75) is 13.0 Å².